The number of nitrogens with one attached hydrogen (secondary N) is 3. The van der Waals surface area contributed by atoms with Gasteiger partial charge < -0.3 is 20.4 Å². The van der Waals surface area contributed by atoms with Gasteiger partial charge in [-0.1, -0.05) is 0 Å². The Labute approximate surface area is 114 Å². The zero-order chi connectivity index (χ0) is 13.9. The second-order valence-corrected chi connectivity index (χ2v) is 6.01. The van der Waals surface area contributed by atoms with E-state index in [1.807, 2.05) is 39.1 Å². The lowest BCUT2D eigenvalue weighted by Gasteiger charge is -2.23. The van der Waals surface area contributed by atoms with Gasteiger partial charge in [0.05, 0.1) is 6.04 Å². The van der Waals surface area contributed by atoms with Gasteiger partial charge in [0.1, 0.15) is 5.60 Å². The van der Waals surface area contributed by atoms with Gasteiger partial charge in [0, 0.05) is 24.5 Å². The summed E-state index contributed by atoms with van der Waals surface area (Å²) in [5.74, 6) is 0. The summed E-state index contributed by atoms with van der Waals surface area (Å²) < 4.78 is 5.30. The highest BCUT2D eigenvalue weighted by molar-refractivity contribution is 5.68. The largest absolute Gasteiger partial charge is 0.444 e. The Morgan fingerprint density at radius 2 is 2.26 bits per heavy atom. The van der Waals surface area contributed by atoms with Gasteiger partial charge >= 0.3 is 6.09 Å². The second kappa shape index (κ2) is 5.65. The first kappa shape index (κ1) is 13.9. The van der Waals surface area contributed by atoms with Gasteiger partial charge in [0.2, 0.25) is 0 Å². The Morgan fingerprint density at radius 3 is 2.79 bits per heavy atom. The maximum Gasteiger partial charge on any atom is 0.408 e. The molecule has 1 aromatic heterocycles. The quantitative estimate of drug-likeness (QED) is 0.765. The minimum atomic E-state index is -0.478. The maximum absolute atomic E-state index is 11.8. The Kier molecular flexibility index (Phi) is 4.14. The summed E-state index contributed by atoms with van der Waals surface area (Å²) in [6.07, 6.45) is 3.92. The lowest BCUT2D eigenvalue weighted by Crippen LogP contribution is -2.39. The third-order valence-corrected chi connectivity index (χ3v) is 2.88. The van der Waals surface area contributed by atoms with Gasteiger partial charge in [-0.25, -0.2) is 4.79 Å². The van der Waals surface area contributed by atoms with Crippen molar-refractivity contribution in [1.29, 1.82) is 0 Å². The van der Waals surface area contributed by atoms with E-state index in [0.717, 1.165) is 5.69 Å². The minimum absolute atomic E-state index is 0.0922. The normalized spacial score (nSPS) is 17.0. The molecule has 19 heavy (non-hydrogen) atoms. The van der Waals surface area contributed by atoms with Crippen molar-refractivity contribution in [3.8, 4) is 0 Å². The van der Waals surface area contributed by atoms with Crippen molar-refractivity contribution in [2.45, 2.75) is 51.3 Å². The maximum atomic E-state index is 11.8. The molecule has 1 aromatic rings. The zero-order valence-corrected chi connectivity index (χ0v) is 11.8. The van der Waals surface area contributed by atoms with E-state index in [9.17, 15) is 4.79 Å². The number of H-pyrrole nitrogens is 1. The number of carbonyl (C=O) groups excluding carboxylic acids is 1. The van der Waals surface area contributed by atoms with Crippen molar-refractivity contribution in [1.82, 2.24) is 15.6 Å². The van der Waals surface area contributed by atoms with Crippen LogP contribution in [0.1, 0.15) is 45.3 Å². The number of hydrogen-bond acceptors (Lipinski definition) is 3. The highest BCUT2D eigenvalue weighted by Gasteiger charge is 2.25. The summed E-state index contributed by atoms with van der Waals surface area (Å²) in [6.45, 7) is 6.29. The van der Waals surface area contributed by atoms with E-state index in [1.165, 1.54) is 12.8 Å². The molecule has 1 atom stereocenters. The third-order valence-electron chi connectivity index (χ3n) is 2.88. The number of amides is 1. The van der Waals surface area contributed by atoms with Crippen LogP contribution in [0.15, 0.2) is 18.3 Å². The number of aromatic amines is 1. The first-order chi connectivity index (χ1) is 8.94. The van der Waals surface area contributed by atoms with Crippen LogP contribution < -0.4 is 10.6 Å². The molecule has 1 fully saturated rings. The Balaban J connectivity index is 1.90. The first-order valence-electron chi connectivity index (χ1n) is 6.80. The van der Waals surface area contributed by atoms with E-state index in [2.05, 4.69) is 15.6 Å². The summed E-state index contributed by atoms with van der Waals surface area (Å²) >= 11 is 0. The number of carbonyl (C=O) groups is 1. The first-order valence-corrected chi connectivity index (χ1v) is 6.80. The van der Waals surface area contributed by atoms with Gasteiger partial charge in [0.25, 0.3) is 0 Å². The molecule has 1 amide bonds. The molecular weight excluding hydrogens is 242 g/mol. The summed E-state index contributed by atoms with van der Waals surface area (Å²) in [5, 5.41) is 6.33. The van der Waals surface area contributed by atoms with Crippen LogP contribution in [0.25, 0.3) is 0 Å². The summed E-state index contributed by atoms with van der Waals surface area (Å²) in [7, 11) is 0. The van der Waals surface area contributed by atoms with Gasteiger partial charge in [-0.15, -0.1) is 0 Å². The van der Waals surface area contributed by atoms with E-state index in [1.54, 1.807) is 0 Å². The standard InChI is InChI=1S/C14H23N3O2/c1-14(2,3)19-13(18)17-12(9-16-10-6-7-10)11-5-4-8-15-11/h4-5,8,10,12,15-16H,6-7,9H2,1-3H3,(H,17,18). The average molecular weight is 265 g/mol. The number of rotatable bonds is 5. The summed E-state index contributed by atoms with van der Waals surface area (Å²) in [5.41, 5.74) is 0.507. The van der Waals surface area contributed by atoms with Crippen molar-refractivity contribution in [3.05, 3.63) is 24.0 Å². The third kappa shape index (κ3) is 4.95. The highest BCUT2D eigenvalue weighted by atomic mass is 16.6. The van der Waals surface area contributed by atoms with Crippen molar-refractivity contribution in [2.75, 3.05) is 6.54 Å². The van der Waals surface area contributed by atoms with E-state index < -0.39 is 5.60 Å². The Morgan fingerprint density at radius 1 is 1.53 bits per heavy atom. The molecule has 0 aliphatic heterocycles. The molecule has 0 spiro atoms. The molecule has 3 N–H and O–H groups in total. The van der Waals surface area contributed by atoms with Crippen molar-refractivity contribution in [2.24, 2.45) is 0 Å². The zero-order valence-electron chi connectivity index (χ0n) is 11.8. The van der Waals surface area contributed by atoms with Crippen LogP contribution in [0.5, 0.6) is 0 Å². The van der Waals surface area contributed by atoms with Crippen molar-refractivity contribution in [3.63, 3.8) is 0 Å². The predicted octanol–water partition coefficient (Wildman–Crippen LogP) is 2.33. The molecule has 106 valence electrons. The number of aromatic nitrogens is 1. The SMILES string of the molecule is CC(C)(C)OC(=O)NC(CNC1CC1)c1ccc[nH]1. The van der Waals surface area contributed by atoms with Crippen molar-refractivity contribution >= 4 is 6.09 Å². The fourth-order valence-corrected chi connectivity index (χ4v) is 1.82. The number of ether oxygens (including phenoxy) is 1. The van der Waals surface area contributed by atoms with Crippen LogP contribution in [0.3, 0.4) is 0 Å². The van der Waals surface area contributed by atoms with Gasteiger partial charge in [-0.3, -0.25) is 0 Å². The van der Waals surface area contributed by atoms with Gasteiger partial charge in [0.15, 0.2) is 0 Å². The molecule has 0 radical (unpaired) electrons. The molecule has 5 nitrogen and oxygen atoms in total. The molecule has 0 aromatic carbocycles. The van der Waals surface area contributed by atoms with E-state index >= 15 is 0 Å². The van der Waals surface area contributed by atoms with Gasteiger partial charge in [-0.2, -0.15) is 0 Å². The van der Waals surface area contributed by atoms with E-state index in [4.69, 9.17) is 4.74 Å². The smallest absolute Gasteiger partial charge is 0.408 e. The van der Waals surface area contributed by atoms with Crippen LogP contribution >= 0.6 is 0 Å². The lowest BCUT2D eigenvalue weighted by atomic mass is 10.2. The molecule has 1 aliphatic rings. The molecule has 5 heteroatoms. The molecular formula is C14H23N3O2. The van der Waals surface area contributed by atoms with Crippen LogP contribution in [-0.4, -0.2) is 29.3 Å². The molecule has 0 bridgehead atoms. The summed E-state index contributed by atoms with van der Waals surface area (Å²) in [6, 6.07) is 4.41. The Bertz CT molecular complexity index is 405. The van der Waals surface area contributed by atoms with Gasteiger partial charge in [-0.05, 0) is 45.7 Å². The average Bonchev–Trinajstić information content (AvgIpc) is 2.94. The molecule has 1 saturated carbocycles. The number of alkyl carbamates (subject to hydrolysis) is 1. The monoisotopic (exact) mass is 265 g/mol. The predicted molar refractivity (Wildman–Crippen MR) is 73.9 cm³/mol. The molecule has 2 rings (SSSR count). The number of hydrogen-bond donors (Lipinski definition) is 3. The van der Waals surface area contributed by atoms with E-state index in [-0.39, 0.29) is 12.1 Å². The topological polar surface area (TPSA) is 66.2 Å². The fraction of sp³-hybridized carbons (Fsp3) is 0.643. The molecule has 1 heterocycles. The Hall–Kier alpha value is -1.49. The lowest BCUT2D eigenvalue weighted by molar-refractivity contribution is 0.0502. The van der Waals surface area contributed by atoms with Crippen LogP contribution in [0.4, 0.5) is 4.79 Å². The molecule has 1 aliphatic carbocycles. The van der Waals surface area contributed by atoms with E-state index in [0.29, 0.717) is 12.6 Å². The highest BCUT2D eigenvalue weighted by Crippen LogP contribution is 2.20. The second-order valence-electron chi connectivity index (χ2n) is 6.01. The van der Waals surface area contributed by atoms with Crippen LogP contribution in [0, 0.1) is 0 Å². The van der Waals surface area contributed by atoms with Crippen LogP contribution in [-0.2, 0) is 4.74 Å². The van der Waals surface area contributed by atoms with Crippen molar-refractivity contribution < 1.29 is 9.53 Å². The fourth-order valence-electron chi connectivity index (χ4n) is 1.82. The van der Waals surface area contributed by atoms with Crippen LogP contribution in [0.2, 0.25) is 0 Å². The molecule has 0 saturated heterocycles. The molecule has 1 unspecified atom stereocenters. The minimum Gasteiger partial charge on any atom is -0.444 e. The summed E-state index contributed by atoms with van der Waals surface area (Å²) in [4.78, 5) is 15.0.